The molecule has 0 radical (unpaired) electrons. The van der Waals surface area contributed by atoms with Crippen LogP contribution in [-0.4, -0.2) is 28.2 Å². The highest BCUT2D eigenvalue weighted by Gasteiger charge is 2.32. The summed E-state index contributed by atoms with van der Waals surface area (Å²) in [6, 6.07) is 22.4. The number of benzene rings is 2. The predicted octanol–water partition coefficient (Wildman–Crippen LogP) is 4.03. The van der Waals surface area contributed by atoms with Crippen LogP contribution in [0.1, 0.15) is 42.0 Å². The molecule has 2 aromatic carbocycles. The first-order chi connectivity index (χ1) is 15.7. The fraction of sp³-hybridized carbons (Fsp3) is 0.269. The number of ether oxygens (including phenoxy) is 1. The molecular weight excluding hydrogens is 402 g/mol. The Kier molecular flexibility index (Phi) is 7.12. The molecule has 0 bridgehead atoms. The molecule has 1 aliphatic heterocycles. The van der Waals surface area contributed by atoms with Gasteiger partial charge in [-0.05, 0) is 35.6 Å². The summed E-state index contributed by atoms with van der Waals surface area (Å²) in [6.45, 7) is 1.35. The minimum absolute atomic E-state index is 0.0285. The van der Waals surface area contributed by atoms with Crippen molar-refractivity contribution in [2.45, 2.75) is 38.5 Å². The van der Waals surface area contributed by atoms with E-state index in [1.165, 1.54) is 0 Å². The number of rotatable bonds is 8. The standard InChI is InChI=1S/C26H27N3O3/c30-24-13-7-8-16-29(24)25(22-11-5-2-6-12-22)26(31)28-18-21-14-15-27-23(17-21)32-19-20-9-3-1-4-10-20/h1-6,9-12,14-15,17,25H,7-8,13,16,18-19H2,(H,28,31). The number of carbonyl (C=O) groups is 2. The number of likely N-dealkylation sites (tertiary alicyclic amines) is 1. The van der Waals surface area contributed by atoms with Crippen LogP contribution in [-0.2, 0) is 22.7 Å². The molecule has 32 heavy (non-hydrogen) atoms. The SMILES string of the molecule is O=C(NCc1ccnc(OCc2ccccc2)c1)C(c1ccccc1)N1CCCCC1=O. The van der Waals surface area contributed by atoms with E-state index in [1.54, 1.807) is 11.1 Å². The van der Waals surface area contributed by atoms with Crippen molar-refractivity contribution in [2.75, 3.05) is 6.54 Å². The first kappa shape index (κ1) is 21.6. The largest absolute Gasteiger partial charge is 0.473 e. The van der Waals surface area contributed by atoms with Gasteiger partial charge >= 0.3 is 0 Å². The highest BCUT2D eigenvalue weighted by Crippen LogP contribution is 2.26. The van der Waals surface area contributed by atoms with Crippen molar-refractivity contribution in [3.8, 4) is 5.88 Å². The van der Waals surface area contributed by atoms with Crippen LogP contribution in [0.2, 0.25) is 0 Å². The third-order valence-electron chi connectivity index (χ3n) is 5.53. The number of aromatic nitrogens is 1. The van der Waals surface area contributed by atoms with Gasteiger partial charge in [0.1, 0.15) is 12.6 Å². The summed E-state index contributed by atoms with van der Waals surface area (Å²) in [4.78, 5) is 31.7. The van der Waals surface area contributed by atoms with E-state index in [2.05, 4.69) is 10.3 Å². The van der Waals surface area contributed by atoms with Crippen molar-refractivity contribution in [3.63, 3.8) is 0 Å². The lowest BCUT2D eigenvalue weighted by molar-refractivity contribution is -0.142. The molecule has 0 saturated carbocycles. The smallest absolute Gasteiger partial charge is 0.247 e. The predicted molar refractivity (Wildman–Crippen MR) is 122 cm³/mol. The molecule has 0 spiro atoms. The molecule has 2 heterocycles. The van der Waals surface area contributed by atoms with Gasteiger partial charge < -0.3 is 15.0 Å². The average molecular weight is 430 g/mol. The van der Waals surface area contributed by atoms with Gasteiger partial charge in [0, 0.05) is 31.8 Å². The van der Waals surface area contributed by atoms with Crippen LogP contribution in [0.3, 0.4) is 0 Å². The molecule has 1 fully saturated rings. The summed E-state index contributed by atoms with van der Waals surface area (Å²) in [5.74, 6) is 0.349. The minimum atomic E-state index is -0.625. The van der Waals surface area contributed by atoms with Crippen LogP contribution in [0.15, 0.2) is 79.0 Å². The topological polar surface area (TPSA) is 71.5 Å². The zero-order valence-corrected chi connectivity index (χ0v) is 17.9. The number of amides is 2. The van der Waals surface area contributed by atoms with Crippen LogP contribution < -0.4 is 10.1 Å². The van der Waals surface area contributed by atoms with Crippen LogP contribution in [0.25, 0.3) is 0 Å². The first-order valence-corrected chi connectivity index (χ1v) is 10.9. The highest BCUT2D eigenvalue weighted by molar-refractivity contribution is 5.89. The number of carbonyl (C=O) groups excluding carboxylic acids is 2. The summed E-state index contributed by atoms with van der Waals surface area (Å²) < 4.78 is 5.79. The van der Waals surface area contributed by atoms with Crippen molar-refractivity contribution in [1.82, 2.24) is 15.2 Å². The normalized spacial score (nSPS) is 14.6. The second-order valence-electron chi connectivity index (χ2n) is 7.85. The van der Waals surface area contributed by atoms with Crippen LogP contribution in [0.5, 0.6) is 5.88 Å². The molecule has 164 valence electrons. The van der Waals surface area contributed by atoms with Crippen LogP contribution >= 0.6 is 0 Å². The van der Waals surface area contributed by atoms with Crippen LogP contribution in [0, 0.1) is 0 Å². The van der Waals surface area contributed by atoms with E-state index in [-0.39, 0.29) is 11.8 Å². The van der Waals surface area contributed by atoms with E-state index < -0.39 is 6.04 Å². The van der Waals surface area contributed by atoms with E-state index in [0.29, 0.717) is 32.0 Å². The quantitative estimate of drug-likeness (QED) is 0.587. The number of nitrogens with zero attached hydrogens (tertiary/aromatic N) is 2. The second-order valence-corrected chi connectivity index (χ2v) is 7.85. The van der Waals surface area contributed by atoms with Gasteiger partial charge in [-0.1, -0.05) is 60.7 Å². The molecular formula is C26H27N3O3. The van der Waals surface area contributed by atoms with Gasteiger partial charge in [0.15, 0.2) is 0 Å². The maximum absolute atomic E-state index is 13.2. The van der Waals surface area contributed by atoms with Crippen molar-refractivity contribution >= 4 is 11.8 Å². The lowest BCUT2D eigenvalue weighted by Crippen LogP contribution is -2.45. The highest BCUT2D eigenvalue weighted by atomic mass is 16.5. The van der Waals surface area contributed by atoms with E-state index in [9.17, 15) is 9.59 Å². The summed E-state index contributed by atoms with van der Waals surface area (Å²) in [5.41, 5.74) is 2.76. The fourth-order valence-corrected chi connectivity index (χ4v) is 3.86. The molecule has 1 aliphatic rings. The number of nitrogens with one attached hydrogen (secondary N) is 1. The number of hydrogen-bond donors (Lipinski definition) is 1. The summed E-state index contributed by atoms with van der Waals surface area (Å²) in [7, 11) is 0. The fourth-order valence-electron chi connectivity index (χ4n) is 3.86. The zero-order chi connectivity index (χ0) is 22.2. The van der Waals surface area contributed by atoms with Gasteiger partial charge in [-0.2, -0.15) is 0 Å². The number of pyridine rings is 1. The number of hydrogen-bond acceptors (Lipinski definition) is 4. The third kappa shape index (κ3) is 5.52. The van der Waals surface area contributed by atoms with E-state index in [0.717, 1.165) is 29.5 Å². The Morgan fingerprint density at radius 1 is 1.00 bits per heavy atom. The Hall–Kier alpha value is -3.67. The van der Waals surface area contributed by atoms with E-state index in [1.807, 2.05) is 72.8 Å². The molecule has 3 aromatic rings. The molecule has 1 unspecified atom stereocenters. The molecule has 6 nitrogen and oxygen atoms in total. The monoisotopic (exact) mass is 429 g/mol. The summed E-state index contributed by atoms with van der Waals surface area (Å²) in [5, 5.41) is 3.00. The van der Waals surface area contributed by atoms with Crippen molar-refractivity contribution < 1.29 is 14.3 Å². The Morgan fingerprint density at radius 3 is 2.50 bits per heavy atom. The Balaban J connectivity index is 1.42. The zero-order valence-electron chi connectivity index (χ0n) is 17.9. The molecule has 0 aliphatic carbocycles. The Morgan fingerprint density at radius 2 is 1.75 bits per heavy atom. The maximum atomic E-state index is 13.2. The van der Waals surface area contributed by atoms with Gasteiger partial charge in [-0.15, -0.1) is 0 Å². The van der Waals surface area contributed by atoms with Crippen molar-refractivity contribution in [2.24, 2.45) is 0 Å². The number of piperidine rings is 1. The molecule has 1 saturated heterocycles. The van der Waals surface area contributed by atoms with Gasteiger partial charge in [-0.25, -0.2) is 4.98 Å². The molecule has 1 aromatic heterocycles. The van der Waals surface area contributed by atoms with Crippen molar-refractivity contribution in [1.29, 1.82) is 0 Å². The van der Waals surface area contributed by atoms with Crippen molar-refractivity contribution in [3.05, 3.63) is 95.7 Å². The molecule has 1 atom stereocenters. The van der Waals surface area contributed by atoms with Crippen LogP contribution in [0.4, 0.5) is 0 Å². The summed E-state index contributed by atoms with van der Waals surface area (Å²) in [6.07, 6.45) is 3.95. The minimum Gasteiger partial charge on any atom is -0.473 e. The lowest BCUT2D eigenvalue weighted by Gasteiger charge is -2.34. The van der Waals surface area contributed by atoms with E-state index >= 15 is 0 Å². The Bertz CT molecular complexity index is 1040. The summed E-state index contributed by atoms with van der Waals surface area (Å²) >= 11 is 0. The third-order valence-corrected chi connectivity index (χ3v) is 5.53. The van der Waals surface area contributed by atoms with Gasteiger partial charge in [-0.3, -0.25) is 9.59 Å². The first-order valence-electron chi connectivity index (χ1n) is 10.9. The molecule has 1 N–H and O–H groups in total. The second kappa shape index (κ2) is 10.6. The lowest BCUT2D eigenvalue weighted by atomic mass is 10.0. The van der Waals surface area contributed by atoms with Gasteiger partial charge in [0.05, 0.1) is 0 Å². The molecule has 4 rings (SSSR count). The molecule has 2 amide bonds. The average Bonchev–Trinajstić information content (AvgIpc) is 2.84. The molecule has 6 heteroatoms. The maximum Gasteiger partial charge on any atom is 0.247 e. The van der Waals surface area contributed by atoms with E-state index in [4.69, 9.17) is 4.74 Å². The van der Waals surface area contributed by atoms with Gasteiger partial charge in [0.2, 0.25) is 17.7 Å². The van der Waals surface area contributed by atoms with Gasteiger partial charge in [0.25, 0.3) is 0 Å². The Labute approximate surface area is 188 Å².